The number of thiazole rings is 1. The third-order valence-electron chi connectivity index (χ3n) is 1.06. The first-order chi connectivity index (χ1) is 5.75. The van der Waals surface area contributed by atoms with Crippen LogP contribution in [0.3, 0.4) is 0 Å². The smallest absolute Gasteiger partial charge is 0.265 e. The Kier molecular flexibility index (Phi) is 3.02. The lowest BCUT2D eigenvalue weighted by Gasteiger charge is -1.95. The van der Waals surface area contributed by atoms with Crippen molar-refractivity contribution in [2.45, 2.75) is 0 Å². The predicted octanol–water partition coefficient (Wildman–Crippen LogP) is 1.05. The fraction of sp³-hybridized carbons (Fsp3) is 0.167. The molecule has 1 aromatic rings. The normalized spacial score (nSPS) is 9.00. The molecule has 0 atom stereocenters. The number of nitrogens with one attached hydrogen (secondary N) is 1. The quantitative estimate of drug-likeness (QED) is 0.728. The molecule has 12 heavy (non-hydrogen) atoms. The number of rotatable bonds is 2. The summed E-state index contributed by atoms with van der Waals surface area (Å²) in [7, 11) is 0. The van der Waals surface area contributed by atoms with Crippen molar-refractivity contribution in [3.8, 4) is 6.07 Å². The third kappa shape index (κ3) is 1.94. The average Bonchev–Trinajstić information content (AvgIpc) is 2.47. The number of aromatic nitrogens is 1. The SMILES string of the molecule is N#CCNC(=O)c1scnc1Cl. The van der Waals surface area contributed by atoms with E-state index in [9.17, 15) is 4.79 Å². The van der Waals surface area contributed by atoms with Crippen molar-refractivity contribution in [1.82, 2.24) is 10.3 Å². The number of carbonyl (C=O) groups excluding carboxylic acids is 1. The van der Waals surface area contributed by atoms with Gasteiger partial charge in [0.2, 0.25) is 0 Å². The second-order valence-corrected chi connectivity index (χ2v) is 3.03. The van der Waals surface area contributed by atoms with E-state index in [-0.39, 0.29) is 17.6 Å². The van der Waals surface area contributed by atoms with Crippen LogP contribution in [-0.2, 0) is 0 Å². The van der Waals surface area contributed by atoms with Crippen LogP contribution >= 0.6 is 22.9 Å². The Balaban J connectivity index is 2.67. The van der Waals surface area contributed by atoms with Crippen LogP contribution in [0.25, 0.3) is 0 Å². The fourth-order valence-electron chi connectivity index (χ4n) is 0.580. The van der Waals surface area contributed by atoms with Crippen molar-refractivity contribution >= 4 is 28.8 Å². The number of amides is 1. The van der Waals surface area contributed by atoms with Crippen molar-refractivity contribution in [1.29, 1.82) is 5.26 Å². The van der Waals surface area contributed by atoms with E-state index >= 15 is 0 Å². The first-order valence-electron chi connectivity index (χ1n) is 3.00. The summed E-state index contributed by atoms with van der Waals surface area (Å²) >= 11 is 6.71. The topological polar surface area (TPSA) is 65.8 Å². The molecule has 0 aliphatic carbocycles. The van der Waals surface area contributed by atoms with Crippen LogP contribution in [0.15, 0.2) is 5.51 Å². The number of halogens is 1. The number of nitriles is 1. The molecule has 1 heterocycles. The largest absolute Gasteiger partial charge is 0.338 e. The molecular formula is C6H4ClN3OS. The van der Waals surface area contributed by atoms with Gasteiger partial charge in [-0.15, -0.1) is 11.3 Å². The minimum Gasteiger partial charge on any atom is -0.338 e. The van der Waals surface area contributed by atoms with Gasteiger partial charge in [0, 0.05) is 0 Å². The number of nitrogens with zero attached hydrogens (tertiary/aromatic N) is 2. The summed E-state index contributed by atoms with van der Waals surface area (Å²) in [6.07, 6.45) is 0. The van der Waals surface area contributed by atoms with Crippen LogP contribution in [0, 0.1) is 11.3 Å². The first kappa shape index (κ1) is 8.97. The van der Waals surface area contributed by atoms with Crippen LogP contribution in [0.2, 0.25) is 5.15 Å². The fourth-order valence-corrected chi connectivity index (χ4v) is 1.50. The van der Waals surface area contributed by atoms with E-state index in [2.05, 4.69) is 10.3 Å². The lowest BCUT2D eigenvalue weighted by atomic mass is 10.5. The van der Waals surface area contributed by atoms with E-state index in [1.165, 1.54) is 5.51 Å². The lowest BCUT2D eigenvalue weighted by Crippen LogP contribution is -2.22. The highest BCUT2D eigenvalue weighted by Crippen LogP contribution is 2.17. The van der Waals surface area contributed by atoms with Gasteiger partial charge in [-0.1, -0.05) is 11.6 Å². The van der Waals surface area contributed by atoms with Gasteiger partial charge in [0.05, 0.1) is 11.6 Å². The van der Waals surface area contributed by atoms with Crippen LogP contribution in [-0.4, -0.2) is 17.4 Å². The van der Waals surface area contributed by atoms with Gasteiger partial charge in [-0.05, 0) is 0 Å². The summed E-state index contributed by atoms with van der Waals surface area (Å²) in [6, 6.07) is 1.79. The van der Waals surface area contributed by atoms with Crippen molar-refractivity contribution in [2.75, 3.05) is 6.54 Å². The molecule has 1 aromatic heterocycles. The van der Waals surface area contributed by atoms with Crippen LogP contribution in [0.1, 0.15) is 9.67 Å². The molecule has 0 aromatic carbocycles. The Bertz CT molecular complexity index is 330. The number of carbonyl (C=O) groups is 1. The highest BCUT2D eigenvalue weighted by Gasteiger charge is 2.11. The summed E-state index contributed by atoms with van der Waals surface area (Å²) in [6.45, 7) is -0.0208. The molecule has 1 N–H and O–H groups in total. The molecule has 0 saturated heterocycles. The van der Waals surface area contributed by atoms with E-state index in [1.54, 1.807) is 6.07 Å². The van der Waals surface area contributed by atoms with Gasteiger partial charge in [0.15, 0.2) is 5.15 Å². The zero-order valence-electron chi connectivity index (χ0n) is 5.87. The number of hydrogen-bond acceptors (Lipinski definition) is 4. The molecule has 0 aliphatic rings. The number of hydrogen-bond donors (Lipinski definition) is 1. The van der Waals surface area contributed by atoms with Crippen molar-refractivity contribution in [2.24, 2.45) is 0 Å². The summed E-state index contributed by atoms with van der Waals surface area (Å²) in [4.78, 5) is 15.1. The van der Waals surface area contributed by atoms with E-state index in [0.717, 1.165) is 11.3 Å². The molecule has 1 amide bonds. The maximum Gasteiger partial charge on any atom is 0.265 e. The Labute approximate surface area is 77.8 Å². The van der Waals surface area contributed by atoms with Gasteiger partial charge in [-0.2, -0.15) is 5.26 Å². The monoisotopic (exact) mass is 201 g/mol. The van der Waals surface area contributed by atoms with Gasteiger partial charge in [-0.25, -0.2) is 4.98 Å². The molecule has 0 unspecified atom stereocenters. The summed E-state index contributed by atoms with van der Waals surface area (Å²) in [5.41, 5.74) is 1.48. The molecule has 0 spiro atoms. The minimum absolute atomic E-state index is 0.0208. The Morgan fingerprint density at radius 1 is 1.92 bits per heavy atom. The summed E-state index contributed by atoms with van der Waals surface area (Å²) in [5.74, 6) is -0.357. The Hall–Kier alpha value is -1.12. The van der Waals surface area contributed by atoms with Gasteiger partial charge in [-0.3, -0.25) is 4.79 Å². The first-order valence-corrected chi connectivity index (χ1v) is 4.25. The van der Waals surface area contributed by atoms with Crippen molar-refractivity contribution < 1.29 is 4.79 Å². The molecule has 4 nitrogen and oxygen atoms in total. The molecule has 0 radical (unpaired) electrons. The predicted molar refractivity (Wildman–Crippen MR) is 45.1 cm³/mol. The molecule has 6 heteroatoms. The molecule has 62 valence electrons. The second kappa shape index (κ2) is 4.04. The molecule has 0 bridgehead atoms. The van der Waals surface area contributed by atoms with E-state index < -0.39 is 0 Å². The second-order valence-electron chi connectivity index (χ2n) is 1.81. The molecule has 0 aliphatic heterocycles. The van der Waals surface area contributed by atoms with Crippen LogP contribution in [0.4, 0.5) is 0 Å². The lowest BCUT2D eigenvalue weighted by molar-refractivity contribution is 0.0962. The molecule has 0 saturated carbocycles. The minimum atomic E-state index is -0.357. The van der Waals surface area contributed by atoms with Gasteiger partial charge >= 0.3 is 0 Å². The van der Waals surface area contributed by atoms with Crippen molar-refractivity contribution in [3.05, 3.63) is 15.5 Å². The summed E-state index contributed by atoms with van der Waals surface area (Å²) < 4.78 is 0. The Morgan fingerprint density at radius 2 is 2.67 bits per heavy atom. The van der Waals surface area contributed by atoms with E-state index in [4.69, 9.17) is 16.9 Å². The summed E-state index contributed by atoms with van der Waals surface area (Å²) in [5, 5.41) is 10.7. The standard InChI is InChI=1S/C6H4ClN3OS/c7-5-4(12-3-10-5)6(11)9-2-1-8/h3H,2H2,(H,9,11). The van der Waals surface area contributed by atoms with Crippen LogP contribution in [0.5, 0.6) is 0 Å². The molecule has 1 rings (SSSR count). The average molecular weight is 202 g/mol. The zero-order valence-corrected chi connectivity index (χ0v) is 7.45. The molecular weight excluding hydrogens is 198 g/mol. The highest BCUT2D eigenvalue weighted by atomic mass is 35.5. The van der Waals surface area contributed by atoms with Crippen LogP contribution < -0.4 is 5.32 Å². The highest BCUT2D eigenvalue weighted by molar-refractivity contribution is 7.12. The molecule has 0 fully saturated rings. The van der Waals surface area contributed by atoms with E-state index in [0.29, 0.717) is 4.88 Å². The van der Waals surface area contributed by atoms with Gasteiger partial charge < -0.3 is 5.32 Å². The van der Waals surface area contributed by atoms with Gasteiger partial charge in [0.25, 0.3) is 5.91 Å². The maximum absolute atomic E-state index is 11.1. The van der Waals surface area contributed by atoms with Crippen molar-refractivity contribution in [3.63, 3.8) is 0 Å². The van der Waals surface area contributed by atoms with E-state index in [1.807, 2.05) is 0 Å². The maximum atomic E-state index is 11.1. The zero-order chi connectivity index (χ0) is 8.97. The van der Waals surface area contributed by atoms with Gasteiger partial charge in [0.1, 0.15) is 11.4 Å². The third-order valence-corrected chi connectivity index (χ3v) is 2.28. The Morgan fingerprint density at radius 3 is 3.17 bits per heavy atom.